The molecule has 4 heteroatoms. The number of rotatable bonds is 6. The van der Waals surface area contributed by atoms with E-state index < -0.39 is 0 Å². The van der Waals surface area contributed by atoms with Gasteiger partial charge in [-0.05, 0) is 46.3 Å². The highest BCUT2D eigenvalue weighted by atomic mass is 79.9. The van der Waals surface area contributed by atoms with E-state index in [1.165, 1.54) is 0 Å². The molecular formula is C15H22BrNO2. The van der Waals surface area contributed by atoms with E-state index >= 15 is 0 Å². The highest BCUT2D eigenvalue weighted by Crippen LogP contribution is 2.22. The fourth-order valence-corrected chi connectivity index (χ4v) is 2.15. The number of amides is 1. The molecule has 0 radical (unpaired) electrons. The average molecular weight is 328 g/mol. The van der Waals surface area contributed by atoms with E-state index in [0.717, 1.165) is 16.5 Å². The SMILES string of the molecule is COCCC(C)(C)CNC(=O)c1cccc(C)c1Br. The summed E-state index contributed by atoms with van der Waals surface area (Å²) in [6.07, 6.45) is 0.915. The van der Waals surface area contributed by atoms with Gasteiger partial charge >= 0.3 is 0 Å². The Kier molecular flexibility index (Phi) is 6.01. The average Bonchev–Trinajstić information content (AvgIpc) is 2.37. The molecule has 19 heavy (non-hydrogen) atoms. The van der Waals surface area contributed by atoms with Crippen LogP contribution in [0.3, 0.4) is 0 Å². The number of halogens is 1. The molecule has 1 amide bonds. The van der Waals surface area contributed by atoms with Crippen LogP contribution < -0.4 is 5.32 Å². The first kappa shape index (κ1) is 16.2. The molecule has 0 heterocycles. The van der Waals surface area contributed by atoms with E-state index in [2.05, 4.69) is 35.1 Å². The van der Waals surface area contributed by atoms with Crippen molar-refractivity contribution in [3.8, 4) is 0 Å². The summed E-state index contributed by atoms with van der Waals surface area (Å²) < 4.78 is 5.95. The summed E-state index contributed by atoms with van der Waals surface area (Å²) >= 11 is 3.46. The molecule has 0 unspecified atom stereocenters. The molecule has 0 aromatic heterocycles. The van der Waals surface area contributed by atoms with Crippen LogP contribution in [0.15, 0.2) is 22.7 Å². The summed E-state index contributed by atoms with van der Waals surface area (Å²) in [6, 6.07) is 5.70. The minimum Gasteiger partial charge on any atom is -0.385 e. The number of carbonyl (C=O) groups excluding carboxylic acids is 1. The van der Waals surface area contributed by atoms with Gasteiger partial charge in [0.1, 0.15) is 0 Å². The summed E-state index contributed by atoms with van der Waals surface area (Å²) in [6.45, 7) is 7.56. The van der Waals surface area contributed by atoms with Crippen LogP contribution >= 0.6 is 15.9 Å². The van der Waals surface area contributed by atoms with Gasteiger partial charge in [0.25, 0.3) is 5.91 Å². The predicted molar refractivity (Wildman–Crippen MR) is 81.5 cm³/mol. The molecule has 3 nitrogen and oxygen atoms in total. The van der Waals surface area contributed by atoms with Crippen molar-refractivity contribution in [1.82, 2.24) is 5.32 Å². The number of carbonyl (C=O) groups is 1. The van der Waals surface area contributed by atoms with E-state index in [1.54, 1.807) is 7.11 Å². The summed E-state index contributed by atoms with van der Waals surface area (Å²) in [5.41, 5.74) is 1.77. The third-order valence-electron chi connectivity index (χ3n) is 3.15. The number of benzene rings is 1. The molecule has 1 N–H and O–H groups in total. The highest BCUT2D eigenvalue weighted by molar-refractivity contribution is 9.10. The Morgan fingerprint density at radius 3 is 2.74 bits per heavy atom. The second-order valence-electron chi connectivity index (χ2n) is 5.53. The molecule has 0 aliphatic heterocycles. The number of hydrogen-bond acceptors (Lipinski definition) is 2. The van der Waals surface area contributed by atoms with Crippen LogP contribution in [0.1, 0.15) is 36.2 Å². The Morgan fingerprint density at radius 1 is 1.42 bits per heavy atom. The van der Waals surface area contributed by atoms with E-state index in [4.69, 9.17) is 4.74 Å². The lowest BCUT2D eigenvalue weighted by Gasteiger charge is -2.24. The topological polar surface area (TPSA) is 38.3 Å². The Labute approximate surface area is 123 Å². The first-order valence-corrected chi connectivity index (χ1v) is 7.19. The van der Waals surface area contributed by atoms with Gasteiger partial charge in [0.2, 0.25) is 0 Å². The smallest absolute Gasteiger partial charge is 0.252 e. The molecule has 0 aliphatic rings. The van der Waals surface area contributed by atoms with E-state index in [9.17, 15) is 4.79 Å². The summed E-state index contributed by atoms with van der Waals surface area (Å²) in [7, 11) is 1.69. The lowest BCUT2D eigenvalue weighted by atomic mass is 9.89. The number of methoxy groups -OCH3 is 1. The lowest BCUT2D eigenvalue weighted by Crippen LogP contribution is -2.34. The van der Waals surface area contributed by atoms with Crippen LogP contribution in [0.2, 0.25) is 0 Å². The zero-order chi connectivity index (χ0) is 14.5. The Balaban J connectivity index is 2.63. The molecule has 106 valence electrons. The maximum Gasteiger partial charge on any atom is 0.252 e. The first-order valence-electron chi connectivity index (χ1n) is 6.39. The number of aryl methyl sites for hydroxylation is 1. The van der Waals surface area contributed by atoms with Gasteiger partial charge in [0, 0.05) is 24.7 Å². The monoisotopic (exact) mass is 327 g/mol. The van der Waals surface area contributed by atoms with Gasteiger partial charge in [-0.25, -0.2) is 0 Å². The van der Waals surface area contributed by atoms with Gasteiger partial charge in [0.05, 0.1) is 5.56 Å². The van der Waals surface area contributed by atoms with Crippen LogP contribution in [-0.4, -0.2) is 26.2 Å². The molecular weight excluding hydrogens is 306 g/mol. The maximum absolute atomic E-state index is 12.2. The predicted octanol–water partition coefficient (Wildman–Crippen LogP) is 3.55. The van der Waals surface area contributed by atoms with Crippen molar-refractivity contribution in [2.45, 2.75) is 27.2 Å². The summed E-state index contributed by atoms with van der Waals surface area (Å²) in [5, 5.41) is 2.99. The van der Waals surface area contributed by atoms with Crippen molar-refractivity contribution in [2.24, 2.45) is 5.41 Å². The maximum atomic E-state index is 12.2. The molecule has 0 atom stereocenters. The molecule has 0 saturated carbocycles. The second kappa shape index (κ2) is 7.06. The van der Waals surface area contributed by atoms with Gasteiger partial charge < -0.3 is 10.1 Å². The van der Waals surface area contributed by atoms with Gasteiger partial charge in [0.15, 0.2) is 0 Å². The molecule has 1 aromatic carbocycles. The fraction of sp³-hybridized carbons (Fsp3) is 0.533. The van der Waals surface area contributed by atoms with Gasteiger partial charge in [-0.1, -0.05) is 26.0 Å². The number of nitrogens with one attached hydrogen (secondary N) is 1. The van der Waals surface area contributed by atoms with E-state index in [0.29, 0.717) is 18.7 Å². The van der Waals surface area contributed by atoms with Gasteiger partial charge in [-0.3, -0.25) is 4.79 Å². The molecule has 0 aliphatic carbocycles. The Hall–Kier alpha value is -0.870. The van der Waals surface area contributed by atoms with Crippen LogP contribution in [0.25, 0.3) is 0 Å². The summed E-state index contributed by atoms with van der Waals surface area (Å²) in [4.78, 5) is 12.2. The van der Waals surface area contributed by atoms with Gasteiger partial charge in [-0.15, -0.1) is 0 Å². The van der Waals surface area contributed by atoms with Crippen molar-refractivity contribution in [3.63, 3.8) is 0 Å². The molecule has 0 fully saturated rings. The quantitative estimate of drug-likeness (QED) is 0.867. The molecule has 0 bridgehead atoms. The minimum atomic E-state index is -0.0407. The van der Waals surface area contributed by atoms with Crippen LogP contribution in [0, 0.1) is 12.3 Å². The Bertz CT molecular complexity index is 444. The normalized spacial score (nSPS) is 11.4. The van der Waals surface area contributed by atoms with Gasteiger partial charge in [-0.2, -0.15) is 0 Å². The number of hydrogen-bond donors (Lipinski definition) is 1. The van der Waals surface area contributed by atoms with Crippen molar-refractivity contribution in [1.29, 1.82) is 0 Å². The standard InChI is InChI=1S/C15H22BrNO2/c1-11-6-5-7-12(13(11)16)14(18)17-10-15(2,3)8-9-19-4/h5-7H,8-10H2,1-4H3,(H,17,18). The number of ether oxygens (including phenoxy) is 1. The molecule has 0 saturated heterocycles. The minimum absolute atomic E-state index is 0.0297. The fourth-order valence-electron chi connectivity index (χ4n) is 1.70. The molecule has 0 spiro atoms. The second-order valence-corrected chi connectivity index (χ2v) is 6.32. The van der Waals surface area contributed by atoms with Crippen molar-refractivity contribution in [2.75, 3.05) is 20.3 Å². The zero-order valence-electron chi connectivity index (χ0n) is 12.0. The highest BCUT2D eigenvalue weighted by Gasteiger charge is 2.19. The largest absolute Gasteiger partial charge is 0.385 e. The third kappa shape index (κ3) is 4.96. The van der Waals surface area contributed by atoms with Crippen LogP contribution in [0.4, 0.5) is 0 Å². The lowest BCUT2D eigenvalue weighted by molar-refractivity contribution is 0.0920. The summed E-state index contributed by atoms with van der Waals surface area (Å²) in [5.74, 6) is -0.0407. The van der Waals surface area contributed by atoms with Crippen molar-refractivity contribution in [3.05, 3.63) is 33.8 Å². The van der Waals surface area contributed by atoms with Crippen LogP contribution in [-0.2, 0) is 4.74 Å². The molecule has 1 aromatic rings. The van der Waals surface area contributed by atoms with Crippen molar-refractivity contribution < 1.29 is 9.53 Å². The van der Waals surface area contributed by atoms with E-state index in [1.807, 2.05) is 25.1 Å². The zero-order valence-corrected chi connectivity index (χ0v) is 13.6. The van der Waals surface area contributed by atoms with E-state index in [-0.39, 0.29) is 11.3 Å². The van der Waals surface area contributed by atoms with Crippen LogP contribution in [0.5, 0.6) is 0 Å². The third-order valence-corrected chi connectivity index (χ3v) is 4.20. The first-order chi connectivity index (χ1) is 8.87. The van der Waals surface area contributed by atoms with Crippen molar-refractivity contribution >= 4 is 21.8 Å². The Morgan fingerprint density at radius 2 is 2.11 bits per heavy atom. The molecule has 1 rings (SSSR count).